The highest BCUT2D eigenvalue weighted by Crippen LogP contribution is 2.30. The van der Waals surface area contributed by atoms with Gasteiger partial charge < -0.3 is 10.1 Å². The number of carbonyl (C=O) groups excluding carboxylic acids is 2. The Labute approximate surface area is 230 Å². The van der Waals surface area contributed by atoms with E-state index in [0.717, 1.165) is 45.2 Å². The van der Waals surface area contributed by atoms with Crippen LogP contribution >= 0.6 is 22.6 Å². The molecule has 0 saturated carbocycles. The minimum Gasteiger partial charge on any atom is -0.449 e. The number of anilines is 1. The predicted molar refractivity (Wildman–Crippen MR) is 153 cm³/mol. The van der Waals surface area contributed by atoms with E-state index in [2.05, 4.69) is 44.9 Å². The second kappa shape index (κ2) is 11.4. The molecule has 0 spiro atoms. The summed E-state index contributed by atoms with van der Waals surface area (Å²) < 4.78 is 6.95. The van der Waals surface area contributed by atoms with Gasteiger partial charge in [0.05, 0.1) is 11.1 Å². The molecule has 188 valence electrons. The first-order valence-corrected chi connectivity index (χ1v) is 13.5. The van der Waals surface area contributed by atoms with E-state index in [0.29, 0.717) is 24.2 Å². The van der Waals surface area contributed by atoms with Crippen molar-refractivity contribution in [3.8, 4) is 0 Å². The maximum absolute atomic E-state index is 13.7. The highest BCUT2D eigenvalue weighted by Gasteiger charge is 2.29. The number of hydrogen-bond acceptors (Lipinski definition) is 5. The minimum atomic E-state index is -0.904. The molecule has 2 heterocycles. The van der Waals surface area contributed by atoms with Crippen LogP contribution in [0.1, 0.15) is 40.5 Å². The van der Waals surface area contributed by atoms with Crippen LogP contribution < -0.4 is 5.32 Å². The summed E-state index contributed by atoms with van der Waals surface area (Å²) in [6.07, 6.45) is 0.212. The third-order valence-corrected chi connectivity index (χ3v) is 7.32. The highest BCUT2D eigenvalue weighted by atomic mass is 127. The van der Waals surface area contributed by atoms with Crippen molar-refractivity contribution in [1.82, 2.24) is 9.88 Å². The summed E-state index contributed by atoms with van der Waals surface area (Å²) in [6.45, 7) is 4.08. The smallest absolute Gasteiger partial charge is 0.340 e. The molecule has 7 heteroatoms. The average molecular weight is 605 g/mol. The molecule has 0 saturated heterocycles. The van der Waals surface area contributed by atoms with E-state index in [4.69, 9.17) is 9.72 Å². The lowest BCUT2D eigenvalue weighted by Crippen LogP contribution is -2.34. The van der Waals surface area contributed by atoms with Gasteiger partial charge in [-0.1, -0.05) is 55.5 Å². The largest absolute Gasteiger partial charge is 0.449 e. The van der Waals surface area contributed by atoms with E-state index in [1.54, 1.807) is 0 Å². The summed E-state index contributed by atoms with van der Waals surface area (Å²) in [5.74, 6) is -0.823. The van der Waals surface area contributed by atoms with Crippen molar-refractivity contribution >= 4 is 51.1 Å². The molecule has 4 aromatic rings. The van der Waals surface area contributed by atoms with Gasteiger partial charge in [0.2, 0.25) is 0 Å². The Morgan fingerprint density at radius 2 is 1.76 bits per heavy atom. The van der Waals surface area contributed by atoms with Gasteiger partial charge in [0.15, 0.2) is 6.10 Å². The van der Waals surface area contributed by atoms with Crippen LogP contribution in [0.3, 0.4) is 0 Å². The van der Waals surface area contributed by atoms with Gasteiger partial charge in [0.25, 0.3) is 5.91 Å². The summed E-state index contributed by atoms with van der Waals surface area (Å²) in [4.78, 5) is 33.9. The Balaban J connectivity index is 1.42. The molecule has 0 fully saturated rings. The second-order valence-corrected chi connectivity index (χ2v) is 10.4. The number of pyridine rings is 1. The van der Waals surface area contributed by atoms with Gasteiger partial charge in [0, 0.05) is 52.0 Å². The first-order valence-electron chi connectivity index (χ1n) is 12.5. The van der Waals surface area contributed by atoms with Gasteiger partial charge in [-0.2, -0.15) is 0 Å². The SMILES string of the molecule is CCC(OC(=O)c1c2c(nc3ccccc13)CCN(Cc1ccccc1)C2)C(=O)Nc1ccc(I)cc1. The van der Waals surface area contributed by atoms with Crippen molar-refractivity contribution < 1.29 is 14.3 Å². The van der Waals surface area contributed by atoms with Crippen molar-refractivity contribution in [2.24, 2.45) is 0 Å². The number of nitrogens with zero attached hydrogens (tertiary/aromatic N) is 2. The molecule has 1 atom stereocenters. The maximum Gasteiger partial charge on any atom is 0.340 e. The number of halogens is 1. The van der Waals surface area contributed by atoms with Gasteiger partial charge >= 0.3 is 5.97 Å². The number of amides is 1. The molecule has 1 unspecified atom stereocenters. The first kappa shape index (κ1) is 25.4. The number of ether oxygens (including phenoxy) is 1. The Hall–Kier alpha value is -3.30. The topological polar surface area (TPSA) is 71.5 Å². The van der Waals surface area contributed by atoms with Gasteiger partial charge in [-0.05, 0) is 64.9 Å². The van der Waals surface area contributed by atoms with Crippen LogP contribution in [-0.4, -0.2) is 34.4 Å². The fourth-order valence-electron chi connectivity index (χ4n) is 4.72. The van der Waals surface area contributed by atoms with Crippen LogP contribution in [0.2, 0.25) is 0 Å². The summed E-state index contributed by atoms with van der Waals surface area (Å²) in [7, 11) is 0. The molecule has 3 aromatic carbocycles. The second-order valence-electron chi connectivity index (χ2n) is 9.17. The summed E-state index contributed by atoms with van der Waals surface area (Å²) in [6, 6.07) is 25.5. The number of carbonyl (C=O) groups is 2. The number of hydrogen-bond donors (Lipinski definition) is 1. The molecule has 1 N–H and O–H groups in total. The normalized spacial score (nSPS) is 14.1. The molecular weight excluding hydrogens is 577 g/mol. The quantitative estimate of drug-likeness (QED) is 0.208. The summed E-state index contributed by atoms with van der Waals surface area (Å²) in [5, 5.41) is 3.62. The Kier molecular flexibility index (Phi) is 7.81. The van der Waals surface area contributed by atoms with Crippen LogP contribution in [0.15, 0.2) is 78.9 Å². The number of benzene rings is 3. The fraction of sp³-hybridized carbons (Fsp3) is 0.233. The number of esters is 1. The number of para-hydroxylation sites is 1. The van der Waals surface area contributed by atoms with E-state index < -0.39 is 12.1 Å². The highest BCUT2D eigenvalue weighted by molar-refractivity contribution is 14.1. The molecule has 37 heavy (non-hydrogen) atoms. The zero-order valence-electron chi connectivity index (χ0n) is 20.6. The van der Waals surface area contributed by atoms with Gasteiger partial charge in [-0.3, -0.25) is 14.7 Å². The molecule has 1 amide bonds. The minimum absolute atomic E-state index is 0.338. The molecule has 6 nitrogen and oxygen atoms in total. The maximum atomic E-state index is 13.7. The Morgan fingerprint density at radius 3 is 2.51 bits per heavy atom. The van der Waals surface area contributed by atoms with Crippen LogP contribution in [0.25, 0.3) is 10.9 Å². The summed E-state index contributed by atoms with van der Waals surface area (Å²) in [5.41, 5.74) is 4.98. The fourth-order valence-corrected chi connectivity index (χ4v) is 5.08. The third kappa shape index (κ3) is 5.83. The molecule has 1 aliphatic heterocycles. The lowest BCUT2D eigenvalue weighted by molar-refractivity contribution is -0.124. The van der Waals surface area contributed by atoms with Crippen LogP contribution in [-0.2, 0) is 29.0 Å². The number of fused-ring (bicyclic) bond motifs is 2. The first-order chi connectivity index (χ1) is 18.0. The van der Waals surface area contributed by atoms with Crippen molar-refractivity contribution in [1.29, 1.82) is 0 Å². The Morgan fingerprint density at radius 1 is 1.03 bits per heavy atom. The van der Waals surface area contributed by atoms with Gasteiger partial charge in [0.1, 0.15) is 0 Å². The van der Waals surface area contributed by atoms with Crippen molar-refractivity contribution in [3.63, 3.8) is 0 Å². The molecule has 0 radical (unpaired) electrons. The summed E-state index contributed by atoms with van der Waals surface area (Å²) >= 11 is 2.21. The van der Waals surface area contributed by atoms with Crippen LogP contribution in [0.4, 0.5) is 5.69 Å². The van der Waals surface area contributed by atoms with Crippen LogP contribution in [0, 0.1) is 3.57 Å². The zero-order chi connectivity index (χ0) is 25.8. The molecule has 1 aromatic heterocycles. The lowest BCUT2D eigenvalue weighted by Gasteiger charge is -2.30. The van der Waals surface area contributed by atoms with E-state index >= 15 is 0 Å². The van der Waals surface area contributed by atoms with E-state index in [-0.39, 0.29) is 5.91 Å². The van der Waals surface area contributed by atoms with Crippen molar-refractivity contribution in [2.45, 2.75) is 39.0 Å². The monoisotopic (exact) mass is 605 g/mol. The van der Waals surface area contributed by atoms with E-state index in [1.165, 1.54) is 5.56 Å². The lowest BCUT2D eigenvalue weighted by atomic mass is 9.95. The van der Waals surface area contributed by atoms with Gasteiger partial charge in [-0.15, -0.1) is 0 Å². The van der Waals surface area contributed by atoms with Gasteiger partial charge in [-0.25, -0.2) is 4.79 Å². The molecular formula is C30H28IN3O3. The zero-order valence-corrected chi connectivity index (χ0v) is 22.8. The van der Waals surface area contributed by atoms with Crippen molar-refractivity contribution in [2.75, 3.05) is 11.9 Å². The van der Waals surface area contributed by atoms with Crippen LogP contribution in [0.5, 0.6) is 0 Å². The molecule has 0 bridgehead atoms. The number of aromatic nitrogens is 1. The number of nitrogens with one attached hydrogen (secondary N) is 1. The van der Waals surface area contributed by atoms with Crippen molar-refractivity contribution in [3.05, 3.63) is 105 Å². The third-order valence-electron chi connectivity index (χ3n) is 6.60. The Bertz CT molecular complexity index is 1420. The standard InChI is InChI=1S/C30H28IN3O3/c1-2-27(29(35)32-22-14-12-21(31)13-15-22)37-30(36)28-23-10-6-7-11-25(23)33-26-16-17-34(19-24(26)28)18-20-8-4-3-5-9-20/h3-15,27H,2,16-19H2,1H3,(H,32,35). The number of rotatable bonds is 7. The average Bonchev–Trinajstić information content (AvgIpc) is 2.92. The molecule has 1 aliphatic rings. The van der Waals surface area contributed by atoms with E-state index in [9.17, 15) is 9.59 Å². The van der Waals surface area contributed by atoms with E-state index in [1.807, 2.05) is 73.7 Å². The molecule has 0 aliphatic carbocycles. The molecule has 5 rings (SSSR count). The predicted octanol–water partition coefficient (Wildman–Crippen LogP) is 5.97.